The third-order valence-corrected chi connectivity index (χ3v) is 3.83. The van der Waals surface area contributed by atoms with E-state index in [1.165, 1.54) is 6.07 Å². The van der Waals surface area contributed by atoms with Crippen molar-refractivity contribution in [1.29, 1.82) is 0 Å². The van der Waals surface area contributed by atoms with Gasteiger partial charge in [0.2, 0.25) is 0 Å². The number of alkyl halides is 3. The highest BCUT2D eigenvalue weighted by atomic mass is 19.4. The highest BCUT2D eigenvalue weighted by Gasteiger charge is 2.37. The molecule has 1 aliphatic heterocycles. The summed E-state index contributed by atoms with van der Waals surface area (Å²) >= 11 is 0. The molecule has 0 saturated carbocycles. The Morgan fingerprint density at radius 3 is 2.38 bits per heavy atom. The van der Waals surface area contributed by atoms with Crippen molar-refractivity contribution in [2.24, 2.45) is 0 Å². The molecule has 0 amide bonds. The van der Waals surface area contributed by atoms with Gasteiger partial charge in [0.05, 0.1) is 11.2 Å². The normalized spacial score (nSPS) is 19.3. The molecule has 2 nitrogen and oxygen atoms in total. The summed E-state index contributed by atoms with van der Waals surface area (Å²) in [7, 11) is 0. The summed E-state index contributed by atoms with van der Waals surface area (Å²) in [6, 6.07) is 4.15. The summed E-state index contributed by atoms with van der Waals surface area (Å²) in [5.41, 5.74) is 0.126. The molecular weight excluding hydrogens is 279 g/mol. The zero-order valence-corrected chi connectivity index (χ0v) is 12.8. The molecule has 1 N–H and O–H groups in total. The van der Waals surface area contributed by atoms with Crippen molar-refractivity contribution in [3.05, 3.63) is 29.3 Å². The second kappa shape index (κ2) is 5.20. The smallest absolute Gasteiger partial charge is 0.390 e. The highest BCUT2D eigenvalue weighted by Crippen LogP contribution is 2.40. The van der Waals surface area contributed by atoms with Crippen LogP contribution < -0.4 is 4.90 Å². The Balaban J connectivity index is 2.36. The first-order chi connectivity index (χ1) is 9.49. The molecule has 1 heterocycles. The molecule has 1 unspecified atom stereocenters. The Kier molecular flexibility index (Phi) is 4.00. The van der Waals surface area contributed by atoms with Crippen LogP contribution in [0.2, 0.25) is 0 Å². The second-order valence-electron chi connectivity index (χ2n) is 6.72. The molecule has 0 fully saturated rings. The van der Waals surface area contributed by atoms with Crippen LogP contribution in [0.1, 0.15) is 45.2 Å². The molecule has 0 aliphatic carbocycles. The minimum atomic E-state index is -4.31. The lowest BCUT2D eigenvalue weighted by atomic mass is 9.96. The van der Waals surface area contributed by atoms with Crippen LogP contribution in [0.15, 0.2) is 18.2 Å². The SMILES string of the molecule is CC(C)N1c2ccc(C(F)(F)F)cc2CC1CC(C)(C)O. The van der Waals surface area contributed by atoms with Gasteiger partial charge in [0.1, 0.15) is 0 Å². The van der Waals surface area contributed by atoms with Gasteiger partial charge in [-0.1, -0.05) is 0 Å². The quantitative estimate of drug-likeness (QED) is 0.912. The number of fused-ring (bicyclic) bond motifs is 1. The molecule has 21 heavy (non-hydrogen) atoms. The molecule has 1 aliphatic rings. The second-order valence-corrected chi connectivity index (χ2v) is 6.72. The van der Waals surface area contributed by atoms with Crippen molar-refractivity contribution >= 4 is 5.69 Å². The maximum absolute atomic E-state index is 12.8. The number of benzene rings is 1. The summed E-state index contributed by atoms with van der Waals surface area (Å²) in [4.78, 5) is 2.12. The van der Waals surface area contributed by atoms with Crippen molar-refractivity contribution in [2.75, 3.05) is 4.90 Å². The lowest BCUT2D eigenvalue weighted by Crippen LogP contribution is -2.42. The standard InChI is InChI=1S/C16H22F3NO/c1-10(2)20-13(9-15(3,4)21)8-11-7-12(16(17,18)19)5-6-14(11)20/h5-7,10,13,21H,8-9H2,1-4H3. The molecule has 0 radical (unpaired) electrons. The summed E-state index contributed by atoms with van der Waals surface area (Å²) in [5.74, 6) is 0. The van der Waals surface area contributed by atoms with Crippen LogP contribution in [0.25, 0.3) is 0 Å². The van der Waals surface area contributed by atoms with Gasteiger partial charge in [-0.15, -0.1) is 0 Å². The topological polar surface area (TPSA) is 23.5 Å². The van der Waals surface area contributed by atoms with Crippen LogP contribution in [0.4, 0.5) is 18.9 Å². The minimum Gasteiger partial charge on any atom is -0.390 e. The fraction of sp³-hybridized carbons (Fsp3) is 0.625. The number of nitrogens with zero attached hydrogens (tertiary/aromatic N) is 1. The van der Waals surface area contributed by atoms with Crippen LogP contribution in [0, 0.1) is 0 Å². The van der Waals surface area contributed by atoms with Gasteiger partial charge in [-0.25, -0.2) is 0 Å². The van der Waals surface area contributed by atoms with Crippen LogP contribution >= 0.6 is 0 Å². The number of halogens is 3. The molecule has 0 spiro atoms. The minimum absolute atomic E-state index is 0.0310. The monoisotopic (exact) mass is 301 g/mol. The number of rotatable bonds is 3. The van der Waals surface area contributed by atoms with E-state index in [2.05, 4.69) is 4.90 Å². The van der Waals surface area contributed by atoms with Gasteiger partial charge in [-0.3, -0.25) is 0 Å². The van der Waals surface area contributed by atoms with E-state index in [0.717, 1.165) is 11.8 Å². The van der Waals surface area contributed by atoms with Gasteiger partial charge in [-0.05, 0) is 64.3 Å². The zero-order chi connectivity index (χ0) is 16.0. The maximum atomic E-state index is 12.8. The van der Waals surface area contributed by atoms with E-state index in [4.69, 9.17) is 0 Å². The van der Waals surface area contributed by atoms with E-state index >= 15 is 0 Å². The first kappa shape index (κ1) is 16.1. The molecule has 0 bridgehead atoms. The Labute approximate surface area is 123 Å². The van der Waals surface area contributed by atoms with Gasteiger partial charge in [0.25, 0.3) is 0 Å². The molecule has 1 aromatic rings. The van der Waals surface area contributed by atoms with E-state index in [1.54, 1.807) is 19.9 Å². The summed E-state index contributed by atoms with van der Waals surface area (Å²) in [5, 5.41) is 10.0. The van der Waals surface area contributed by atoms with Gasteiger partial charge < -0.3 is 10.0 Å². The Morgan fingerprint density at radius 1 is 1.29 bits per heavy atom. The molecular formula is C16H22F3NO. The largest absolute Gasteiger partial charge is 0.416 e. The van der Waals surface area contributed by atoms with Crippen molar-refractivity contribution in [1.82, 2.24) is 0 Å². The van der Waals surface area contributed by atoms with Crippen molar-refractivity contribution in [2.45, 2.75) is 64.4 Å². The summed E-state index contributed by atoms with van der Waals surface area (Å²) < 4.78 is 38.5. The van der Waals surface area contributed by atoms with E-state index in [1.807, 2.05) is 13.8 Å². The van der Waals surface area contributed by atoms with Crippen LogP contribution in [-0.4, -0.2) is 22.8 Å². The first-order valence-corrected chi connectivity index (χ1v) is 7.20. The third-order valence-electron chi connectivity index (χ3n) is 3.83. The average Bonchev–Trinajstić information content (AvgIpc) is 2.61. The highest BCUT2D eigenvalue weighted by molar-refractivity contribution is 5.61. The first-order valence-electron chi connectivity index (χ1n) is 7.20. The fourth-order valence-corrected chi connectivity index (χ4v) is 3.17. The Morgan fingerprint density at radius 2 is 1.90 bits per heavy atom. The van der Waals surface area contributed by atoms with E-state index in [-0.39, 0.29) is 12.1 Å². The molecule has 118 valence electrons. The van der Waals surface area contributed by atoms with Crippen LogP contribution in [-0.2, 0) is 12.6 Å². The van der Waals surface area contributed by atoms with Crippen molar-refractivity contribution in [3.63, 3.8) is 0 Å². The Hall–Kier alpha value is -1.23. The molecule has 5 heteroatoms. The van der Waals surface area contributed by atoms with E-state index in [0.29, 0.717) is 18.4 Å². The molecule has 0 aromatic heterocycles. The predicted octanol–water partition coefficient (Wildman–Crippen LogP) is 4.01. The van der Waals surface area contributed by atoms with E-state index < -0.39 is 17.3 Å². The summed E-state index contributed by atoms with van der Waals surface area (Å²) in [6.45, 7) is 7.50. The number of hydrogen-bond acceptors (Lipinski definition) is 2. The van der Waals surface area contributed by atoms with E-state index in [9.17, 15) is 18.3 Å². The number of anilines is 1. The average molecular weight is 301 g/mol. The van der Waals surface area contributed by atoms with Crippen LogP contribution in [0.3, 0.4) is 0 Å². The van der Waals surface area contributed by atoms with Crippen molar-refractivity contribution in [3.8, 4) is 0 Å². The summed E-state index contributed by atoms with van der Waals surface area (Å²) in [6.07, 6.45) is -3.24. The molecule has 1 atom stereocenters. The van der Waals surface area contributed by atoms with Crippen molar-refractivity contribution < 1.29 is 18.3 Å². The number of hydrogen-bond donors (Lipinski definition) is 1. The Bertz CT molecular complexity index is 517. The fourth-order valence-electron chi connectivity index (χ4n) is 3.17. The number of aliphatic hydroxyl groups is 1. The lowest BCUT2D eigenvalue weighted by Gasteiger charge is -2.34. The van der Waals surface area contributed by atoms with Gasteiger partial charge in [0, 0.05) is 17.8 Å². The third kappa shape index (κ3) is 3.51. The zero-order valence-electron chi connectivity index (χ0n) is 12.8. The molecule has 0 saturated heterocycles. The maximum Gasteiger partial charge on any atom is 0.416 e. The van der Waals surface area contributed by atoms with Crippen LogP contribution in [0.5, 0.6) is 0 Å². The lowest BCUT2D eigenvalue weighted by molar-refractivity contribution is -0.137. The predicted molar refractivity (Wildman–Crippen MR) is 77.5 cm³/mol. The molecule has 1 aromatic carbocycles. The van der Waals surface area contributed by atoms with Gasteiger partial charge in [0.15, 0.2) is 0 Å². The van der Waals surface area contributed by atoms with Gasteiger partial charge >= 0.3 is 6.18 Å². The molecule has 2 rings (SSSR count). The van der Waals surface area contributed by atoms with Gasteiger partial charge in [-0.2, -0.15) is 13.2 Å².